The number of hydrogen-bond acceptors (Lipinski definition) is 4. The second-order valence-electron chi connectivity index (χ2n) is 5.21. The first kappa shape index (κ1) is 16.6. The molecule has 0 amide bonds. The molecule has 0 atom stereocenters. The number of aromatic hydroxyl groups is 1. The van der Waals surface area contributed by atoms with Crippen LogP contribution in [0.3, 0.4) is 0 Å². The number of aryl methyl sites for hydroxylation is 1. The maximum atomic E-state index is 11.0. The molecule has 1 aromatic heterocycles. The van der Waals surface area contributed by atoms with Gasteiger partial charge in [-0.1, -0.05) is 41.4 Å². The molecule has 0 unspecified atom stereocenters. The van der Waals surface area contributed by atoms with Crippen molar-refractivity contribution in [2.24, 2.45) is 5.18 Å². The van der Waals surface area contributed by atoms with Crippen molar-refractivity contribution in [1.29, 1.82) is 0 Å². The highest BCUT2D eigenvalue weighted by Crippen LogP contribution is 2.38. The third kappa shape index (κ3) is 3.18. The van der Waals surface area contributed by atoms with Crippen LogP contribution in [0.1, 0.15) is 6.42 Å². The van der Waals surface area contributed by atoms with Crippen molar-refractivity contribution in [3.63, 3.8) is 0 Å². The van der Waals surface area contributed by atoms with Crippen LogP contribution in [0.4, 0.5) is 5.69 Å². The Morgan fingerprint density at radius 1 is 1.17 bits per heavy atom. The van der Waals surface area contributed by atoms with E-state index in [4.69, 9.17) is 27.9 Å². The molecule has 24 heavy (non-hydrogen) atoms. The zero-order valence-electron chi connectivity index (χ0n) is 12.6. The molecule has 0 saturated heterocycles. The number of halogens is 2. The summed E-state index contributed by atoms with van der Waals surface area (Å²) < 4.78 is 7.28. The SMILES string of the molecule is O=Nc1c(O)n(CCCOc2ccc(Cl)cc2Cl)c2ccccc12. The number of benzene rings is 2. The third-order valence-electron chi connectivity index (χ3n) is 3.69. The van der Waals surface area contributed by atoms with E-state index in [1.165, 1.54) is 0 Å². The van der Waals surface area contributed by atoms with Crippen LogP contribution in [-0.4, -0.2) is 16.3 Å². The Morgan fingerprint density at radius 2 is 1.96 bits per heavy atom. The van der Waals surface area contributed by atoms with Crippen LogP contribution in [0.2, 0.25) is 10.0 Å². The standard InChI is InChI=1S/C17H14Cl2N2O3/c18-11-6-7-15(13(19)10-11)24-9-3-8-21-14-5-2-1-4-12(14)16(20-23)17(21)22/h1-2,4-7,10,22H,3,8-9H2. The van der Waals surface area contributed by atoms with Crippen LogP contribution in [-0.2, 0) is 6.54 Å². The Hall–Kier alpha value is -2.24. The highest BCUT2D eigenvalue weighted by molar-refractivity contribution is 6.35. The fourth-order valence-electron chi connectivity index (χ4n) is 2.59. The van der Waals surface area contributed by atoms with Gasteiger partial charge in [0.1, 0.15) is 5.75 Å². The van der Waals surface area contributed by atoms with Crippen molar-refractivity contribution >= 4 is 39.8 Å². The van der Waals surface area contributed by atoms with E-state index in [-0.39, 0.29) is 11.6 Å². The van der Waals surface area contributed by atoms with Crippen molar-refractivity contribution in [3.05, 3.63) is 57.4 Å². The van der Waals surface area contributed by atoms with Crippen LogP contribution < -0.4 is 4.74 Å². The molecule has 124 valence electrons. The predicted octanol–water partition coefficient (Wildman–Crippen LogP) is 5.52. The molecular weight excluding hydrogens is 351 g/mol. The summed E-state index contributed by atoms with van der Waals surface area (Å²) in [6, 6.07) is 12.3. The number of nitroso groups, excluding NO2 is 1. The van der Waals surface area contributed by atoms with Crippen molar-refractivity contribution in [2.75, 3.05) is 6.61 Å². The lowest BCUT2D eigenvalue weighted by Crippen LogP contribution is -2.04. The quantitative estimate of drug-likeness (QED) is 0.462. The summed E-state index contributed by atoms with van der Waals surface area (Å²) in [6.45, 7) is 0.879. The number of ether oxygens (including phenoxy) is 1. The minimum absolute atomic E-state index is 0.0623. The minimum atomic E-state index is -0.129. The largest absolute Gasteiger partial charge is 0.493 e. The average molecular weight is 365 g/mol. The van der Waals surface area contributed by atoms with Gasteiger partial charge in [-0.25, -0.2) is 0 Å². The highest BCUT2D eigenvalue weighted by atomic mass is 35.5. The van der Waals surface area contributed by atoms with Gasteiger partial charge in [-0.3, -0.25) is 0 Å². The number of para-hydroxylation sites is 1. The maximum Gasteiger partial charge on any atom is 0.222 e. The van der Waals surface area contributed by atoms with Gasteiger partial charge in [0, 0.05) is 17.0 Å². The van der Waals surface area contributed by atoms with E-state index in [0.29, 0.717) is 40.8 Å². The highest BCUT2D eigenvalue weighted by Gasteiger charge is 2.16. The Labute approximate surface area is 148 Å². The summed E-state index contributed by atoms with van der Waals surface area (Å²) >= 11 is 11.9. The zero-order valence-corrected chi connectivity index (χ0v) is 14.1. The van der Waals surface area contributed by atoms with Crippen molar-refractivity contribution in [2.45, 2.75) is 13.0 Å². The molecule has 5 nitrogen and oxygen atoms in total. The molecule has 0 aliphatic rings. The fourth-order valence-corrected chi connectivity index (χ4v) is 3.05. The van der Waals surface area contributed by atoms with E-state index in [9.17, 15) is 10.0 Å². The van der Waals surface area contributed by atoms with Gasteiger partial charge in [-0.2, -0.15) is 0 Å². The summed E-state index contributed by atoms with van der Waals surface area (Å²) in [5.74, 6) is 0.425. The molecule has 7 heteroatoms. The van der Waals surface area contributed by atoms with Crippen LogP contribution >= 0.6 is 23.2 Å². The monoisotopic (exact) mass is 364 g/mol. The first-order valence-electron chi connectivity index (χ1n) is 7.33. The van der Waals surface area contributed by atoms with Crippen molar-refractivity contribution in [1.82, 2.24) is 4.57 Å². The van der Waals surface area contributed by atoms with Gasteiger partial charge in [0.25, 0.3) is 0 Å². The molecule has 0 fully saturated rings. The van der Waals surface area contributed by atoms with E-state index in [2.05, 4.69) is 5.18 Å². The lowest BCUT2D eigenvalue weighted by atomic mass is 10.2. The summed E-state index contributed by atoms with van der Waals surface area (Å²) in [5.41, 5.74) is 0.821. The van der Waals surface area contributed by atoms with Gasteiger partial charge < -0.3 is 14.4 Å². The van der Waals surface area contributed by atoms with E-state index >= 15 is 0 Å². The molecule has 3 rings (SSSR count). The molecule has 0 saturated carbocycles. The Kier molecular flexibility index (Phi) is 4.92. The molecule has 0 aliphatic carbocycles. The van der Waals surface area contributed by atoms with E-state index < -0.39 is 0 Å². The van der Waals surface area contributed by atoms with Gasteiger partial charge in [0.2, 0.25) is 5.88 Å². The number of nitrogens with zero attached hydrogens (tertiary/aromatic N) is 2. The summed E-state index contributed by atoms with van der Waals surface area (Å²) in [4.78, 5) is 11.0. The van der Waals surface area contributed by atoms with Gasteiger partial charge in [-0.15, -0.1) is 4.91 Å². The van der Waals surface area contributed by atoms with Crippen LogP contribution in [0.25, 0.3) is 10.9 Å². The normalized spacial score (nSPS) is 10.9. The number of rotatable bonds is 6. The van der Waals surface area contributed by atoms with Gasteiger partial charge >= 0.3 is 0 Å². The zero-order chi connectivity index (χ0) is 17.1. The second kappa shape index (κ2) is 7.11. The summed E-state index contributed by atoms with van der Waals surface area (Å²) in [5, 5.41) is 14.8. The molecular formula is C17H14Cl2N2O3. The van der Waals surface area contributed by atoms with Gasteiger partial charge in [-0.05, 0) is 35.9 Å². The number of hydrogen-bond donors (Lipinski definition) is 1. The molecule has 3 aromatic rings. The molecule has 2 aromatic carbocycles. The minimum Gasteiger partial charge on any atom is -0.493 e. The summed E-state index contributed by atoms with van der Waals surface area (Å²) in [7, 11) is 0. The van der Waals surface area contributed by atoms with Crippen LogP contribution in [0.15, 0.2) is 47.6 Å². The maximum absolute atomic E-state index is 11.0. The molecule has 1 heterocycles. The molecule has 0 bridgehead atoms. The molecule has 0 aliphatic heterocycles. The Morgan fingerprint density at radius 3 is 2.71 bits per heavy atom. The molecule has 0 spiro atoms. The van der Waals surface area contributed by atoms with Crippen molar-refractivity contribution in [3.8, 4) is 11.6 Å². The molecule has 0 radical (unpaired) electrons. The van der Waals surface area contributed by atoms with Gasteiger partial charge in [0.05, 0.1) is 17.1 Å². The van der Waals surface area contributed by atoms with E-state index in [0.717, 1.165) is 5.52 Å². The molecule has 1 N–H and O–H groups in total. The van der Waals surface area contributed by atoms with Crippen molar-refractivity contribution < 1.29 is 9.84 Å². The van der Waals surface area contributed by atoms with E-state index in [1.54, 1.807) is 34.9 Å². The predicted molar refractivity (Wildman–Crippen MR) is 95.6 cm³/mol. The lowest BCUT2D eigenvalue weighted by molar-refractivity contribution is 0.298. The first-order valence-corrected chi connectivity index (χ1v) is 8.09. The van der Waals surface area contributed by atoms with Crippen LogP contribution in [0.5, 0.6) is 11.6 Å². The Bertz CT molecular complexity index is 893. The first-order chi connectivity index (χ1) is 11.6. The smallest absolute Gasteiger partial charge is 0.222 e. The second-order valence-corrected chi connectivity index (χ2v) is 6.05. The topological polar surface area (TPSA) is 63.8 Å². The lowest BCUT2D eigenvalue weighted by Gasteiger charge is -2.10. The third-order valence-corrected chi connectivity index (χ3v) is 4.22. The Balaban J connectivity index is 1.70. The number of aromatic nitrogens is 1. The fraction of sp³-hybridized carbons (Fsp3) is 0.176. The van der Waals surface area contributed by atoms with Gasteiger partial charge in [0.15, 0.2) is 5.69 Å². The number of fused-ring (bicyclic) bond motifs is 1. The van der Waals surface area contributed by atoms with E-state index in [1.807, 2.05) is 12.1 Å². The summed E-state index contributed by atoms with van der Waals surface area (Å²) in [6.07, 6.45) is 0.615. The average Bonchev–Trinajstić information content (AvgIpc) is 2.84. The van der Waals surface area contributed by atoms with Crippen LogP contribution in [0, 0.1) is 4.91 Å².